The van der Waals surface area contributed by atoms with Crippen LogP contribution in [0.2, 0.25) is 0 Å². The molecule has 0 unspecified atom stereocenters. The SMILES string of the molecule is Brc1ccc2c(c1)[C@@H]1Nc3ccccc3[C@H](c3ccccc3)[C@H]1CO2. The molecule has 124 valence electrons. The first-order valence-electron chi connectivity index (χ1n) is 8.64. The molecular formula is C22H18BrNO. The van der Waals surface area contributed by atoms with E-state index < -0.39 is 0 Å². The van der Waals surface area contributed by atoms with E-state index >= 15 is 0 Å². The Morgan fingerprint density at radius 2 is 1.68 bits per heavy atom. The molecule has 2 heterocycles. The van der Waals surface area contributed by atoms with Gasteiger partial charge in [-0.3, -0.25) is 0 Å². The smallest absolute Gasteiger partial charge is 0.124 e. The predicted molar refractivity (Wildman–Crippen MR) is 104 cm³/mol. The highest BCUT2D eigenvalue weighted by atomic mass is 79.9. The van der Waals surface area contributed by atoms with Crippen LogP contribution in [0, 0.1) is 5.92 Å². The number of para-hydroxylation sites is 1. The molecule has 3 aromatic carbocycles. The Bertz CT molecular complexity index is 924. The second-order valence-electron chi connectivity index (χ2n) is 6.75. The summed E-state index contributed by atoms with van der Waals surface area (Å²) >= 11 is 3.62. The van der Waals surface area contributed by atoms with E-state index in [4.69, 9.17) is 4.74 Å². The monoisotopic (exact) mass is 391 g/mol. The summed E-state index contributed by atoms with van der Waals surface area (Å²) in [6.07, 6.45) is 0. The zero-order valence-electron chi connectivity index (χ0n) is 13.7. The Balaban J connectivity index is 1.69. The van der Waals surface area contributed by atoms with Crippen LogP contribution in [0.25, 0.3) is 0 Å². The molecule has 3 atom stereocenters. The van der Waals surface area contributed by atoms with Crippen LogP contribution in [0.4, 0.5) is 5.69 Å². The molecule has 2 aliphatic rings. The van der Waals surface area contributed by atoms with Gasteiger partial charge >= 0.3 is 0 Å². The van der Waals surface area contributed by atoms with E-state index in [0.29, 0.717) is 11.8 Å². The van der Waals surface area contributed by atoms with Crippen molar-refractivity contribution < 1.29 is 4.74 Å². The maximum atomic E-state index is 6.15. The Hall–Kier alpha value is -2.26. The van der Waals surface area contributed by atoms with E-state index in [9.17, 15) is 0 Å². The summed E-state index contributed by atoms with van der Waals surface area (Å²) in [5, 5.41) is 3.78. The maximum Gasteiger partial charge on any atom is 0.124 e. The topological polar surface area (TPSA) is 21.3 Å². The van der Waals surface area contributed by atoms with Crippen molar-refractivity contribution in [1.82, 2.24) is 0 Å². The van der Waals surface area contributed by atoms with Crippen LogP contribution in [0.5, 0.6) is 5.75 Å². The molecule has 3 heteroatoms. The van der Waals surface area contributed by atoms with Gasteiger partial charge in [-0.1, -0.05) is 64.5 Å². The highest BCUT2D eigenvalue weighted by molar-refractivity contribution is 9.10. The molecule has 5 rings (SSSR count). The number of ether oxygens (including phenoxy) is 1. The molecule has 0 amide bonds. The number of halogens is 1. The van der Waals surface area contributed by atoms with E-state index in [1.165, 1.54) is 22.4 Å². The van der Waals surface area contributed by atoms with Crippen LogP contribution in [-0.2, 0) is 0 Å². The van der Waals surface area contributed by atoms with E-state index in [1.807, 2.05) is 6.07 Å². The van der Waals surface area contributed by atoms with E-state index in [2.05, 4.69) is 88.0 Å². The quantitative estimate of drug-likeness (QED) is 0.569. The zero-order chi connectivity index (χ0) is 16.8. The first kappa shape index (κ1) is 15.0. The molecule has 0 saturated heterocycles. The molecule has 1 N–H and O–H groups in total. The lowest BCUT2D eigenvalue weighted by molar-refractivity contribution is 0.183. The van der Waals surface area contributed by atoms with Gasteiger partial charge in [0.05, 0.1) is 12.6 Å². The number of benzene rings is 3. The highest BCUT2D eigenvalue weighted by Gasteiger charge is 2.42. The fourth-order valence-corrected chi connectivity index (χ4v) is 4.64. The first-order valence-corrected chi connectivity index (χ1v) is 9.43. The minimum absolute atomic E-state index is 0.251. The van der Waals surface area contributed by atoms with Gasteiger partial charge in [0.15, 0.2) is 0 Å². The molecule has 2 nitrogen and oxygen atoms in total. The summed E-state index contributed by atoms with van der Waals surface area (Å²) in [6, 6.07) is 26.0. The molecular weight excluding hydrogens is 374 g/mol. The summed E-state index contributed by atoms with van der Waals surface area (Å²) < 4.78 is 7.24. The van der Waals surface area contributed by atoms with E-state index in [1.54, 1.807) is 0 Å². The third-order valence-electron chi connectivity index (χ3n) is 5.36. The molecule has 0 aromatic heterocycles. The van der Waals surface area contributed by atoms with Gasteiger partial charge in [-0.25, -0.2) is 0 Å². The third-order valence-corrected chi connectivity index (χ3v) is 5.85. The molecule has 0 bridgehead atoms. The second-order valence-corrected chi connectivity index (χ2v) is 7.67. The number of nitrogens with one attached hydrogen (secondary N) is 1. The summed E-state index contributed by atoms with van der Waals surface area (Å²) in [7, 11) is 0. The Labute approximate surface area is 156 Å². The van der Waals surface area contributed by atoms with Crippen LogP contribution in [0.1, 0.15) is 28.7 Å². The van der Waals surface area contributed by atoms with Gasteiger partial charge in [0.2, 0.25) is 0 Å². The lowest BCUT2D eigenvalue weighted by atomic mass is 9.71. The van der Waals surface area contributed by atoms with Gasteiger partial charge < -0.3 is 10.1 Å². The molecule has 0 fully saturated rings. The molecule has 0 aliphatic carbocycles. The van der Waals surface area contributed by atoms with Crippen molar-refractivity contribution in [2.24, 2.45) is 5.92 Å². The lowest BCUT2D eigenvalue weighted by Gasteiger charge is -2.44. The molecule has 0 saturated carbocycles. The fourth-order valence-electron chi connectivity index (χ4n) is 4.27. The zero-order valence-corrected chi connectivity index (χ0v) is 15.2. The van der Waals surface area contributed by atoms with Crippen LogP contribution in [-0.4, -0.2) is 6.61 Å². The van der Waals surface area contributed by atoms with Crippen LogP contribution >= 0.6 is 15.9 Å². The number of fused-ring (bicyclic) bond motifs is 4. The van der Waals surface area contributed by atoms with Crippen LogP contribution in [0.3, 0.4) is 0 Å². The first-order chi connectivity index (χ1) is 12.3. The van der Waals surface area contributed by atoms with Gasteiger partial charge in [0.1, 0.15) is 5.75 Å². The molecule has 3 aromatic rings. The lowest BCUT2D eigenvalue weighted by Crippen LogP contribution is -2.39. The van der Waals surface area contributed by atoms with Crippen molar-refractivity contribution in [2.45, 2.75) is 12.0 Å². The summed E-state index contributed by atoms with van der Waals surface area (Å²) in [5.41, 5.74) is 5.18. The average Bonchev–Trinajstić information content (AvgIpc) is 2.67. The predicted octanol–water partition coefficient (Wildman–Crippen LogP) is 5.76. The second kappa shape index (κ2) is 5.92. The fraction of sp³-hybridized carbons (Fsp3) is 0.182. The summed E-state index contributed by atoms with van der Waals surface area (Å²) in [5.74, 6) is 1.68. The van der Waals surface area contributed by atoms with E-state index in [0.717, 1.165) is 16.8 Å². The van der Waals surface area contributed by atoms with Crippen molar-refractivity contribution in [3.8, 4) is 5.75 Å². The third kappa shape index (κ3) is 2.46. The van der Waals surface area contributed by atoms with E-state index in [-0.39, 0.29) is 6.04 Å². The van der Waals surface area contributed by atoms with Crippen LogP contribution < -0.4 is 10.1 Å². The Morgan fingerprint density at radius 3 is 2.56 bits per heavy atom. The Kier molecular flexibility index (Phi) is 3.56. The number of hydrogen-bond donors (Lipinski definition) is 1. The minimum Gasteiger partial charge on any atom is -0.493 e. The normalized spacial score (nSPS) is 23.5. The molecule has 0 radical (unpaired) electrons. The summed E-state index contributed by atoms with van der Waals surface area (Å²) in [4.78, 5) is 0. The Morgan fingerprint density at radius 1 is 0.880 bits per heavy atom. The van der Waals surface area contributed by atoms with Crippen molar-refractivity contribution in [3.63, 3.8) is 0 Å². The highest BCUT2D eigenvalue weighted by Crippen LogP contribution is 2.51. The number of rotatable bonds is 1. The average molecular weight is 392 g/mol. The van der Waals surface area contributed by atoms with Crippen LogP contribution in [0.15, 0.2) is 77.3 Å². The van der Waals surface area contributed by atoms with Gasteiger partial charge in [-0.15, -0.1) is 0 Å². The van der Waals surface area contributed by atoms with Gasteiger partial charge in [0, 0.05) is 27.6 Å². The largest absolute Gasteiger partial charge is 0.493 e. The van der Waals surface area contributed by atoms with Crippen molar-refractivity contribution in [2.75, 3.05) is 11.9 Å². The van der Waals surface area contributed by atoms with Crippen molar-refractivity contribution in [1.29, 1.82) is 0 Å². The number of anilines is 1. The summed E-state index contributed by atoms with van der Waals surface area (Å²) in [6.45, 7) is 0.722. The number of hydrogen-bond acceptors (Lipinski definition) is 2. The minimum atomic E-state index is 0.251. The van der Waals surface area contributed by atoms with Gasteiger partial charge in [-0.05, 0) is 35.4 Å². The van der Waals surface area contributed by atoms with Crippen molar-refractivity contribution in [3.05, 3.63) is 94.0 Å². The molecule has 0 spiro atoms. The molecule has 25 heavy (non-hydrogen) atoms. The van der Waals surface area contributed by atoms with Gasteiger partial charge in [-0.2, -0.15) is 0 Å². The van der Waals surface area contributed by atoms with Gasteiger partial charge in [0.25, 0.3) is 0 Å². The maximum absolute atomic E-state index is 6.15. The standard InChI is InChI=1S/C22H18BrNO/c23-15-10-11-20-17(12-15)22-18(13-25-20)21(14-6-2-1-3-7-14)16-8-4-5-9-19(16)24-22/h1-12,18,21-22,24H,13H2/t18-,21+,22+/m1/s1. The molecule has 2 aliphatic heterocycles. The van der Waals surface area contributed by atoms with Crippen molar-refractivity contribution >= 4 is 21.6 Å².